The maximum absolute atomic E-state index is 13.1. The predicted octanol–water partition coefficient (Wildman–Crippen LogP) is 0.856. The number of imide groups is 1. The Hall–Kier alpha value is -3.08. The van der Waals surface area contributed by atoms with E-state index >= 15 is 0 Å². The highest BCUT2D eigenvalue weighted by molar-refractivity contribution is 7.89. The van der Waals surface area contributed by atoms with E-state index in [-0.39, 0.29) is 24.3 Å². The molecule has 1 heterocycles. The number of nitrogens with one attached hydrogen (secondary N) is 1. The molecule has 0 aliphatic carbocycles. The van der Waals surface area contributed by atoms with Gasteiger partial charge < -0.3 is 9.84 Å². The third-order valence-electron chi connectivity index (χ3n) is 5.42. The first kappa shape index (κ1) is 24.6. The summed E-state index contributed by atoms with van der Waals surface area (Å²) in [5, 5.41) is 12.2. The quantitative estimate of drug-likeness (QED) is 0.569. The third-order valence-corrected chi connectivity index (χ3v) is 7.29. The highest BCUT2D eigenvalue weighted by Crippen LogP contribution is 2.28. The fourth-order valence-corrected chi connectivity index (χ4v) is 5.24. The number of β-amino-alcohol motifs (C(OH)–C–C–N with tert-alkyl or cyclic N) is 1. The summed E-state index contributed by atoms with van der Waals surface area (Å²) in [5.41, 5.74) is 2.40. The molecule has 3 rings (SSSR count). The van der Waals surface area contributed by atoms with Crippen LogP contribution in [0, 0.1) is 13.8 Å². The number of hydrogen-bond acceptors (Lipinski definition) is 7. The molecule has 0 radical (unpaired) electrons. The topological polar surface area (TPSA) is 130 Å². The molecule has 2 amide bonds. The van der Waals surface area contributed by atoms with Crippen molar-refractivity contribution in [2.75, 3.05) is 13.2 Å². The Balaban J connectivity index is 1.61. The van der Waals surface area contributed by atoms with Crippen LogP contribution in [0.2, 0.25) is 0 Å². The predicted molar refractivity (Wildman–Crippen MR) is 118 cm³/mol. The zero-order chi connectivity index (χ0) is 24.2. The monoisotopic (exact) mass is 474 g/mol. The zero-order valence-electron chi connectivity index (χ0n) is 18.4. The van der Waals surface area contributed by atoms with Crippen LogP contribution in [0.15, 0.2) is 53.4 Å². The first-order valence-electron chi connectivity index (χ1n) is 10.4. The van der Waals surface area contributed by atoms with E-state index in [0.29, 0.717) is 5.56 Å². The first-order valence-corrected chi connectivity index (χ1v) is 11.8. The number of esters is 1. The summed E-state index contributed by atoms with van der Waals surface area (Å²) in [4.78, 5) is 36.6. The summed E-state index contributed by atoms with van der Waals surface area (Å²) >= 11 is 0. The molecule has 1 aliphatic heterocycles. The van der Waals surface area contributed by atoms with Gasteiger partial charge in [0, 0.05) is 13.0 Å². The standard InChI is InChI=1S/C23H26N2O7S/c1-15-8-9-19(10-16(15)2)33(30,31)25-13-18(26)12-20(25)23(29)32-14-22(28)24-21(27)11-17-6-4-3-5-7-17/h3-10,18,20,26H,11-14H2,1-2H3,(H,24,27,28). The molecule has 1 aliphatic rings. The number of aliphatic hydroxyl groups is 1. The number of rotatable bonds is 7. The van der Waals surface area contributed by atoms with E-state index in [0.717, 1.165) is 15.4 Å². The SMILES string of the molecule is Cc1ccc(S(=O)(=O)N2CC(O)CC2C(=O)OCC(=O)NC(=O)Cc2ccccc2)cc1C. The van der Waals surface area contributed by atoms with Gasteiger partial charge in [0.25, 0.3) is 5.91 Å². The molecule has 10 heteroatoms. The molecular weight excluding hydrogens is 448 g/mol. The van der Waals surface area contributed by atoms with Crippen LogP contribution >= 0.6 is 0 Å². The highest BCUT2D eigenvalue weighted by atomic mass is 32.2. The number of sulfonamides is 1. The van der Waals surface area contributed by atoms with Crippen molar-refractivity contribution < 1.29 is 32.6 Å². The average molecular weight is 475 g/mol. The van der Waals surface area contributed by atoms with Crippen molar-refractivity contribution in [3.8, 4) is 0 Å². The van der Waals surface area contributed by atoms with E-state index in [1.165, 1.54) is 12.1 Å². The van der Waals surface area contributed by atoms with E-state index < -0.39 is 46.6 Å². The minimum Gasteiger partial charge on any atom is -0.454 e. The van der Waals surface area contributed by atoms with Gasteiger partial charge in [-0.05, 0) is 42.7 Å². The zero-order valence-corrected chi connectivity index (χ0v) is 19.2. The smallest absolute Gasteiger partial charge is 0.325 e. The lowest BCUT2D eigenvalue weighted by atomic mass is 10.1. The van der Waals surface area contributed by atoms with Crippen molar-refractivity contribution in [1.82, 2.24) is 9.62 Å². The van der Waals surface area contributed by atoms with Crippen LogP contribution in [0.1, 0.15) is 23.1 Å². The first-order chi connectivity index (χ1) is 15.6. The fourth-order valence-electron chi connectivity index (χ4n) is 3.52. The molecule has 0 spiro atoms. The van der Waals surface area contributed by atoms with Gasteiger partial charge in [-0.25, -0.2) is 8.42 Å². The summed E-state index contributed by atoms with van der Waals surface area (Å²) in [6.45, 7) is 2.61. The number of aliphatic hydroxyl groups excluding tert-OH is 1. The van der Waals surface area contributed by atoms with Crippen LogP contribution in [0.4, 0.5) is 0 Å². The molecule has 1 fully saturated rings. The van der Waals surface area contributed by atoms with Gasteiger partial charge >= 0.3 is 5.97 Å². The molecule has 2 aromatic rings. The van der Waals surface area contributed by atoms with E-state index in [1.807, 2.05) is 6.92 Å². The van der Waals surface area contributed by atoms with Crippen molar-refractivity contribution in [2.45, 2.75) is 43.7 Å². The lowest BCUT2D eigenvalue weighted by Gasteiger charge is -2.22. The molecule has 1 saturated heterocycles. The number of benzene rings is 2. The second kappa shape index (κ2) is 10.2. The minimum absolute atomic E-state index is 0.00162. The molecule has 2 unspecified atom stereocenters. The number of aryl methyl sites for hydroxylation is 2. The van der Waals surface area contributed by atoms with Gasteiger partial charge in [0.1, 0.15) is 6.04 Å². The number of amides is 2. The molecule has 0 bridgehead atoms. The van der Waals surface area contributed by atoms with Crippen molar-refractivity contribution >= 4 is 27.8 Å². The van der Waals surface area contributed by atoms with Gasteiger partial charge in [-0.15, -0.1) is 0 Å². The van der Waals surface area contributed by atoms with Gasteiger partial charge in [-0.2, -0.15) is 4.31 Å². The maximum atomic E-state index is 13.1. The summed E-state index contributed by atoms with van der Waals surface area (Å²) in [6.07, 6.45) is -1.22. The van der Waals surface area contributed by atoms with Crippen molar-refractivity contribution in [3.05, 3.63) is 65.2 Å². The normalized spacial score (nSPS) is 18.6. The molecular formula is C23H26N2O7S. The summed E-state index contributed by atoms with van der Waals surface area (Å²) in [6, 6.07) is 12.1. The summed E-state index contributed by atoms with van der Waals surface area (Å²) < 4.78 is 32.1. The van der Waals surface area contributed by atoms with E-state index in [9.17, 15) is 27.9 Å². The van der Waals surface area contributed by atoms with E-state index in [1.54, 1.807) is 43.3 Å². The number of carbonyl (C=O) groups is 3. The van der Waals surface area contributed by atoms with Crippen molar-refractivity contribution in [1.29, 1.82) is 0 Å². The molecule has 9 nitrogen and oxygen atoms in total. The van der Waals surface area contributed by atoms with Crippen molar-refractivity contribution in [2.24, 2.45) is 0 Å². The second-order valence-corrected chi connectivity index (χ2v) is 9.86. The van der Waals surface area contributed by atoms with E-state index in [4.69, 9.17) is 4.74 Å². The Bertz CT molecular complexity index is 1150. The maximum Gasteiger partial charge on any atom is 0.325 e. The lowest BCUT2D eigenvalue weighted by Crippen LogP contribution is -2.43. The van der Waals surface area contributed by atoms with Gasteiger partial charge in [0.2, 0.25) is 15.9 Å². The van der Waals surface area contributed by atoms with Gasteiger partial charge in [0.05, 0.1) is 17.4 Å². The number of ether oxygens (including phenoxy) is 1. The van der Waals surface area contributed by atoms with Crippen LogP contribution in [0.3, 0.4) is 0 Å². The average Bonchev–Trinajstić information content (AvgIpc) is 3.17. The Morgan fingerprint density at radius 2 is 1.76 bits per heavy atom. The molecule has 2 atom stereocenters. The lowest BCUT2D eigenvalue weighted by molar-refractivity contribution is -0.152. The van der Waals surface area contributed by atoms with Crippen LogP contribution in [-0.2, 0) is 35.6 Å². The summed E-state index contributed by atoms with van der Waals surface area (Å²) in [5.74, 6) is -2.35. The Kier molecular flexibility index (Phi) is 7.62. The molecule has 2 N–H and O–H groups in total. The minimum atomic E-state index is -4.08. The van der Waals surface area contributed by atoms with Crippen LogP contribution < -0.4 is 5.32 Å². The van der Waals surface area contributed by atoms with Crippen molar-refractivity contribution in [3.63, 3.8) is 0 Å². The van der Waals surface area contributed by atoms with Gasteiger partial charge in [0.15, 0.2) is 6.61 Å². The molecule has 0 aromatic heterocycles. The Morgan fingerprint density at radius 1 is 1.06 bits per heavy atom. The number of hydrogen-bond donors (Lipinski definition) is 2. The Morgan fingerprint density at radius 3 is 2.42 bits per heavy atom. The molecule has 33 heavy (non-hydrogen) atoms. The molecule has 0 saturated carbocycles. The van der Waals surface area contributed by atoms with Crippen LogP contribution in [-0.4, -0.2) is 60.9 Å². The van der Waals surface area contributed by atoms with Crippen LogP contribution in [0.5, 0.6) is 0 Å². The van der Waals surface area contributed by atoms with E-state index in [2.05, 4.69) is 5.32 Å². The fraction of sp³-hybridized carbons (Fsp3) is 0.348. The largest absolute Gasteiger partial charge is 0.454 e. The Labute approximate surface area is 192 Å². The molecule has 2 aromatic carbocycles. The highest BCUT2D eigenvalue weighted by Gasteiger charge is 2.44. The number of nitrogens with zero attached hydrogens (tertiary/aromatic N) is 1. The summed E-state index contributed by atoms with van der Waals surface area (Å²) in [7, 11) is -4.08. The molecule has 176 valence electrons. The van der Waals surface area contributed by atoms with Gasteiger partial charge in [-0.1, -0.05) is 36.4 Å². The third kappa shape index (κ3) is 6.04. The number of carbonyl (C=O) groups excluding carboxylic acids is 3. The van der Waals surface area contributed by atoms with Crippen LogP contribution in [0.25, 0.3) is 0 Å². The van der Waals surface area contributed by atoms with Gasteiger partial charge in [-0.3, -0.25) is 19.7 Å². The second-order valence-electron chi connectivity index (χ2n) is 7.97.